The number of benzene rings is 1. The molecular formula is C13H17N3O3. The fourth-order valence-electron chi connectivity index (χ4n) is 2.02. The number of rotatable bonds is 5. The van der Waals surface area contributed by atoms with Crippen molar-refractivity contribution in [2.75, 3.05) is 6.61 Å². The summed E-state index contributed by atoms with van der Waals surface area (Å²) in [6, 6.07) is 4.80. The van der Waals surface area contributed by atoms with Gasteiger partial charge in [-0.2, -0.15) is 0 Å². The molecule has 19 heavy (non-hydrogen) atoms. The van der Waals surface area contributed by atoms with E-state index in [-0.39, 0.29) is 11.2 Å². The number of carboxylic acid groups (broad SMARTS) is 1. The van der Waals surface area contributed by atoms with Gasteiger partial charge in [0.1, 0.15) is 5.52 Å². The highest BCUT2D eigenvalue weighted by Crippen LogP contribution is 2.18. The number of hydrogen-bond acceptors (Lipinski definition) is 4. The van der Waals surface area contributed by atoms with Crippen LogP contribution >= 0.6 is 0 Å². The Morgan fingerprint density at radius 3 is 2.84 bits per heavy atom. The molecule has 0 aliphatic carbocycles. The van der Waals surface area contributed by atoms with Crippen LogP contribution in [-0.4, -0.2) is 38.3 Å². The molecule has 0 fully saturated rings. The van der Waals surface area contributed by atoms with Gasteiger partial charge in [0.05, 0.1) is 23.2 Å². The van der Waals surface area contributed by atoms with E-state index in [1.165, 1.54) is 6.07 Å². The number of hydrogen-bond donors (Lipinski definition) is 1. The standard InChI is InChI=1S/C13H17N3O3/c1-4-19-13(2,3)8-16-11-6-5-9(12(17)18)7-10(11)14-15-16/h5-7H,4,8H2,1-3H3,(H,17,18). The summed E-state index contributed by atoms with van der Waals surface area (Å²) in [7, 11) is 0. The highest BCUT2D eigenvalue weighted by Gasteiger charge is 2.20. The maximum Gasteiger partial charge on any atom is 0.335 e. The van der Waals surface area contributed by atoms with Crippen molar-refractivity contribution < 1.29 is 14.6 Å². The minimum Gasteiger partial charge on any atom is -0.478 e. The molecule has 1 N–H and O–H groups in total. The summed E-state index contributed by atoms with van der Waals surface area (Å²) in [5.41, 5.74) is 1.24. The van der Waals surface area contributed by atoms with Crippen LogP contribution in [0.4, 0.5) is 0 Å². The van der Waals surface area contributed by atoms with E-state index >= 15 is 0 Å². The molecule has 0 amide bonds. The third kappa shape index (κ3) is 2.90. The minimum atomic E-state index is -0.967. The molecular weight excluding hydrogens is 246 g/mol. The largest absolute Gasteiger partial charge is 0.478 e. The van der Waals surface area contributed by atoms with Crippen LogP contribution in [0.1, 0.15) is 31.1 Å². The van der Waals surface area contributed by atoms with Gasteiger partial charge in [-0.3, -0.25) is 0 Å². The fourth-order valence-corrected chi connectivity index (χ4v) is 2.02. The van der Waals surface area contributed by atoms with Gasteiger partial charge in [-0.05, 0) is 39.0 Å². The number of aromatic nitrogens is 3. The van der Waals surface area contributed by atoms with E-state index in [0.717, 1.165) is 5.52 Å². The van der Waals surface area contributed by atoms with E-state index in [1.807, 2.05) is 20.8 Å². The molecule has 6 heteroatoms. The van der Waals surface area contributed by atoms with Crippen LogP contribution in [0.2, 0.25) is 0 Å². The van der Waals surface area contributed by atoms with Crippen molar-refractivity contribution in [3.63, 3.8) is 0 Å². The summed E-state index contributed by atoms with van der Waals surface area (Å²) in [5.74, 6) is -0.967. The molecule has 0 aliphatic heterocycles. The van der Waals surface area contributed by atoms with Crippen LogP contribution in [0.25, 0.3) is 11.0 Å². The zero-order valence-electron chi connectivity index (χ0n) is 11.3. The van der Waals surface area contributed by atoms with E-state index in [2.05, 4.69) is 10.3 Å². The van der Waals surface area contributed by atoms with Gasteiger partial charge < -0.3 is 9.84 Å². The molecule has 2 aromatic rings. The first-order valence-electron chi connectivity index (χ1n) is 6.13. The Morgan fingerprint density at radius 2 is 2.21 bits per heavy atom. The number of ether oxygens (including phenoxy) is 1. The maximum atomic E-state index is 10.9. The molecule has 0 spiro atoms. The molecule has 2 rings (SSSR count). The number of carbonyl (C=O) groups is 1. The highest BCUT2D eigenvalue weighted by atomic mass is 16.5. The molecule has 0 saturated carbocycles. The first-order valence-corrected chi connectivity index (χ1v) is 6.13. The quantitative estimate of drug-likeness (QED) is 0.892. The Balaban J connectivity index is 2.33. The van der Waals surface area contributed by atoms with Crippen molar-refractivity contribution in [1.29, 1.82) is 0 Å². The first-order chi connectivity index (χ1) is 8.93. The number of carboxylic acids is 1. The van der Waals surface area contributed by atoms with Crippen LogP contribution in [0.3, 0.4) is 0 Å². The monoisotopic (exact) mass is 263 g/mol. The lowest BCUT2D eigenvalue weighted by atomic mass is 10.1. The van der Waals surface area contributed by atoms with Crippen LogP contribution < -0.4 is 0 Å². The van der Waals surface area contributed by atoms with Gasteiger partial charge in [0.15, 0.2) is 0 Å². The van der Waals surface area contributed by atoms with E-state index in [1.54, 1.807) is 16.8 Å². The lowest BCUT2D eigenvalue weighted by molar-refractivity contribution is -0.0241. The van der Waals surface area contributed by atoms with Gasteiger partial charge in [-0.1, -0.05) is 5.21 Å². The zero-order valence-corrected chi connectivity index (χ0v) is 11.3. The first kappa shape index (κ1) is 13.5. The molecule has 0 radical (unpaired) electrons. The summed E-state index contributed by atoms with van der Waals surface area (Å²) >= 11 is 0. The third-order valence-electron chi connectivity index (χ3n) is 2.83. The van der Waals surface area contributed by atoms with Crippen molar-refractivity contribution in [3.05, 3.63) is 23.8 Å². The van der Waals surface area contributed by atoms with Crippen molar-refractivity contribution in [2.45, 2.75) is 32.9 Å². The molecule has 0 aliphatic rings. The number of nitrogens with zero attached hydrogens (tertiary/aromatic N) is 3. The smallest absolute Gasteiger partial charge is 0.335 e. The second-order valence-electron chi connectivity index (χ2n) is 4.95. The lowest BCUT2D eigenvalue weighted by Crippen LogP contribution is -2.31. The Bertz CT molecular complexity index is 604. The van der Waals surface area contributed by atoms with Gasteiger partial charge in [-0.15, -0.1) is 5.10 Å². The zero-order chi connectivity index (χ0) is 14.0. The molecule has 1 aromatic carbocycles. The topological polar surface area (TPSA) is 77.2 Å². The van der Waals surface area contributed by atoms with Gasteiger partial charge in [0.2, 0.25) is 0 Å². The molecule has 1 aromatic heterocycles. The van der Waals surface area contributed by atoms with Crippen LogP contribution in [-0.2, 0) is 11.3 Å². The second kappa shape index (κ2) is 4.97. The van der Waals surface area contributed by atoms with Crippen LogP contribution in [0, 0.1) is 0 Å². The van der Waals surface area contributed by atoms with Gasteiger partial charge in [0.25, 0.3) is 0 Å². The molecule has 102 valence electrons. The maximum absolute atomic E-state index is 10.9. The minimum absolute atomic E-state index is 0.212. The Kier molecular flexibility index (Phi) is 3.53. The Morgan fingerprint density at radius 1 is 1.47 bits per heavy atom. The van der Waals surface area contributed by atoms with Crippen molar-refractivity contribution in [1.82, 2.24) is 15.0 Å². The van der Waals surface area contributed by atoms with Crippen molar-refractivity contribution in [2.24, 2.45) is 0 Å². The van der Waals surface area contributed by atoms with E-state index in [9.17, 15) is 4.79 Å². The highest BCUT2D eigenvalue weighted by molar-refractivity contribution is 5.92. The molecule has 0 saturated heterocycles. The second-order valence-corrected chi connectivity index (χ2v) is 4.95. The third-order valence-corrected chi connectivity index (χ3v) is 2.83. The predicted molar refractivity (Wildman–Crippen MR) is 70.2 cm³/mol. The summed E-state index contributed by atoms with van der Waals surface area (Å²) in [4.78, 5) is 10.9. The Hall–Kier alpha value is -1.95. The molecule has 0 unspecified atom stereocenters. The van der Waals surface area contributed by atoms with Crippen LogP contribution in [0.5, 0.6) is 0 Å². The van der Waals surface area contributed by atoms with Crippen molar-refractivity contribution >= 4 is 17.0 Å². The summed E-state index contributed by atoms with van der Waals surface area (Å²) in [5, 5.41) is 17.0. The van der Waals surface area contributed by atoms with E-state index in [0.29, 0.717) is 18.7 Å². The normalized spacial score (nSPS) is 11.9. The van der Waals surface area contributed by atoms with Crippen molar-refractivity contribution in [3.8, 4) is 0 Å². The molecule has 0 atom stereocenters. The Labute approximate surface area is 111 Å². The van der Waals surface area contributed by atoms with Crippen LogP contribution in [0.15, 0.2) is 18.2 Å². The lowest BCUT2D eigenvalue weighted by Gasteiger charge is -2.24. The fraction of sp³-hybridized carbons (Fsp3) is 0.462. The molecule has 0 bridgehead atoms. The predicted octanol–water partition coefficient (Wildman–Crippen LogP) is 1.94. The molecule has 6 nitrogen and oxygen atoms in total. The van der Waals surface area contributed by atoms with Gasteiger partial charge in [0, 0.05) is 6.61 Å². The van der Waals surface area contributed by atoms with Gasteiger partial charge >= 0.3 is 5.97 Å². The SMILES string of the molecule is CCOC(C)(C)Cn1nnc2cc(C(=O)O)ccc21. The molecule has 1 heterocycles. The summed E-state index contributed by atoms with van der Waals surface area (Å²) in [6.45, 7) is 7.10. The number of fused-ring (bicyclic) bond motifs is 1. The summed E-state index contributed by atoms with van der Waals surface area (Å²) in [6.07, 6.45) is 0. The number of aromatic carboxylic acids is 1. The average molecular weight is 263 g/mol. The van der Waals surface area contributed by atoms with Gasteiger partial charge in [-0.25, -0.2) is 9.48 Å². The summed E-state index contributed by atoms with van der Waals surface area (Å²) < 4.78 is 7.36. The van der Waals surface area contributed by atoms with E-state index in [4.69, 9.17) is 9.84 Å². The van der Waals surface area contributed by atoms with E-state index < -0.39 is 5.97 Å². The average Bonchev–Trinajstić information content (AvgIpc) is 2.71.